The highest BCUT2D eigenvalue weighted by Crippen LogP contribution is 2.56. The Morgan fingerprint density at radius 3 is 2.21 bits per heavy atom. The summed E-state index contributed by atoms with van der Waals surface area (Å²) in [5, 5.41) is 0. The molecule has 2 atom stereocenters. The third-order valence-corrected chi connectivity index (χ3v) is 4.32. The molecule has 2 nitrogen and oxygen atoms in total. The van der Waals surface area contributed by atoms with Crippen LogP contribution >= 0.6 is 12.4 Å². The van der Waals surface area contributed by atoms with E-state index in [1.807, 2.05) is 0 Å². The highest BCUT2D eigenvalue weighted by Gasteiger charge is 2.56. The van der Waals surface area contributed by atoms with Gasteiger partial charge in [-0.25, -0.2) is 0 Å². The molecule has 2 saturated carbocycles. The summed E-state index contributed by atoms with van der Waals surface area (Å²) in [6, 6.07) is 0. The van der Waals surface area contributed by atoms with Gasteiger partial charge in [-0.2, -0.15) is 0 Å². The Labute approximate surface area is 92.0 Å². The van der Waals surface area contributed by atoms with E-state index in [1.54, 1.807) is 0 Å². The van der Waals surface area contributed by atoms with Gasteiger partial charge in [-0.3, -0.25) is 0 Å². The molecule has 2 N–H and O–H groups in total. The van der Waals surface area contributed by atoms with Crippen LogP contribution < -0.4 is 5.73 Å². The SMILES string of the molecule is CCC12CC3CC(CC(N)(C3)O1)C2.Cl. The first-order valence-electron chi connectivity index (χ1n) is 5.62. The number of hydrogen-bond acceptors (Lipinski definition) is 2. The summed E-state index contributed by atoms with van der Waals surface area (Å²) in [5.41, 5.74) is 6.20. The van der Waals surface area contributed by atoms with Crippen LogP contribution in [0, 0.1) is 11.8 Å². The fraction of sp³-hybridized carbons (Fsp3) is 1.00. The monoisotopic (exact) mass is 217 g/mol. The first kappa shape index (κ1) is 10.7. The molecule has 4 bridgehead atoms. The van der Waals surface area contributed by atoms with Crippen molar-refractivity contribution >= 4 is 12.4 Å². The minimum atomic E-state index is -0.236. The van der Waals surface area contributed by atoms with Gasteiger partial charge in [0.25, 0.3) is 0 Å². The highest BCUT2D eigenvalue weighted by atomic mass is 35.5. The summed E-state index contributed by atoms with van der Waals surface area (Å²) in [4.78, 5) is 0. The molecule has 0 spiro atoms. The number of halogens is 1. The van der Waals surface area contributed by atoms with Crippen molar-refractivity contribution in [2.75, 3.05) is 0 Å². The Bertz CT molecular complexity index is 229. The number of hydrogen-bond donors (Lipinski definition) is 1. The lowest BCUT2D eigenvalue weighted by Crippen LogP contribution is -2.64. The zero-order valence-electron chi connectivity index (χ0n) is 8.79. The normalized spacial score (nSPS) is 54.4. The predicted octanol–water partition coefficient (Wildman–Crippen LogP) is 2.45. The molecule has 2 aliphatic heterocycles. The fourth-order valence-corrected chi connectivity index (χ4v) is 4.10. The minimum absolute atomic E-state index is 0. The van der Waals surface area contributed by atoms with E-state index in [2.05, 4.69) is 6.92 Å². The molecule has 2 aliphatic carbocycles. The van der Waals surface area contributed by atoms with Crippen LogP contribution in [0.2, 0.25) is 0 Å². The Morgan fingerprint density at radius 2 is 1.79 bits per heavy atom. The molecular formula is C11H20ClNO. The largest absolute Gasteiger partial charge is 0.354 e. The lowest BCUT2D eigenvalue weighted by atomic mass is 9.60. The van der Waals surface area contributed by atoms with Crippen molar-refractivity contribution in [1.82, 2.24) is 0 Å². The zero-order chi connectivity index (χ0) is 9.10. The second-order valence-electron chi connectivity index (χ2n) is 5.49. The standard InChI is InChI=1S/C11H19NO.ClH/c1-2-10-4-8-3-9(5-10)7-11(12,6-8)13-10;/h8-9H,2-7,12H2,1H3;1H. The van der Waals surface area contributed by atoms with E-state index in [-0.39, 0.29) is 23.7 Å². The lowest BCUT2D eigenvalue weighted by Gasteiger charge is -2.60. The molecule has 2 saturated heterocycles. The van der Waals surface area contributed by atoms with Crippen LogP contribution in [-0.2, 0) is 4.74 Å². The Morgan fingerprint density at radius 1 is 1.21 bits per heavy atom. The first-order valence-corrected chi connectivity index (χ1v) is 5.62. The molecule has 0 aromatic rings. The van der Waals surface area contributed by atoms with E-state index in [4.69, 9.17) is 10.5 Å². The van der Waals surface area contributed by atoms with Gasteiger partial charge in [0, 0.05) is 0 Å². The quantitative estimate of drug-likeness (QED) is 0.733. The topological polar surface area (TPSA) is 35.2 Å². The van der Waals surface area contributed by atoms with Crippen LogP contribution in [-0.4, -0.2) is 11.3 Å². The second kappa shape index (κ2) is 3.10. The zero-order valence-corrected chi connectivity index (χ0v) is 9.61. The molecule has 0 aromatic carbocycles. The third-order valence-electron chi connectivity index (χ3n) is 4.32. The number of rotatable bonds is 1. The van der Waals surface area contributed by atoms with Gasteiger partial charge in [-0.05, 0) is 50.4 Å². The van der Waals surface area contributed by atoms with Crippen LogP contribution in [0.1, 0.15) is 45.4 Å². The van der Waals surface area contributed by atoms with Gasteiger partial charge >= 0.3 is 0 Å². The van der Waals surface area contributed by atoms with Gasteiger partial charge in [0.1, 0.15) is 5.72 Å². The average molecular weight is 218 g/mol. The van der Waals surface area contributed by atoms with Crippen molar-refractivity contribution < 1.29 is 4.74 Å². The van der Waals surface area contributed by atoms with E-state index in [9.17, 15) is 0 Å². The predicted molar refractivity (Wildman–Crippen MR) is 58.3 cm³/mol. The van der Waals surface area contributed by atoms with Crippen LogP contribution in [0.3, 0.4) is 0 Å². The summed E-state index contributed by atoms with van der Waals surface area (Å²) in [6.07, 6.45) is 7.36. The molecule has 14 heavy (non-hydrogen) atoms. The minimum Gasteiger partial charge on any atom is -0.354 e. The summed E-state index contributed by atoms with van der Waals surface area (Å²) < 4.78 is 6.13. The average Bonchev–Trinajstić information content (AvgIpc) is 1.99. The van der Waals surface area contributed by atoms with E-state index < -0.39 is 0 Å². The Balaban J connectivity index is 0.000000750. The maximum absolute atomic E-state index is 6.26. The smallest absolute Gasteiger partial charge is 0.118 e. The number of ether oxygens (including phenoxy) is 1. The van der Waals surface area contributed by atoms with E-state index in [0.29, 0.717) is 0 Å². The lowest BCUT2D eigenvalue weighted by molar-refractivity contribution is -0.272. The molecule has 4 aliphatic rings. The molecule has 4 fully saturated rings. The van der Waals surface area contributed by atoms with Crippen molar-refractivity contribution in [2.24, 2.45) is 17.6 Å². The van der Waals surface area contributed by atoms with Crippen molar-refractivity contribution in [3.63, 3.8) is 0 Å². The van der Waals surface area contributed by atoms with Crippen molar-refractivity contribution in [1.29, 1.82) is 0 Å². The highest BCUT2D eigenvalue weighted by molar-refractivity contribution is 5.85. The van der Waals surface area contributed by atoms with Gasteiger partial charge in [0.2, 0.25) is 0 Å². The molecular weight excluding hydrogens is 198 g/mol. The van der Waals surface area contributed by atoms with Gasteiger partial charge in [-0.15, -0.1) is 12.4 Å². The van der Waals surface area contributed by atoms with Crippen molar-refractivity contribution in [3.05, 3.63) is 0 Å². The number of nitrogens with two attached hydrogens (primary N) is 1. The summed E-state index contributed by atoms with van der Waals surface area (Å²) in [6.45, 7) is 2.25. The van der Waals surface area contributed by atoms with Crippen LogP contribution in [0.4, 0.5) is 0 Å². The van der Waals surface area contributed by atoms with E-state index in [0.717, 1.165) is 31.1 Å². The molecule has 3 heteroatoms. The summed E-state index contributed by atoms with van der Waals surface area (Å²) in [7, 11) is 0. The van der Waals surface area contributed by atoms with E-state index in [1.165, 1.54) is 19.3 Å². The van der Waals surface area contributed by atoms with Gasteiger partial charge in [0.05, 0.1) is 5.60 Å². The molecule has 0 aromatic heterocycles. The molecule has 2 unspecified atom stereocenters. The van der Waals surface area contributed by atoms with Crippen LogP contribution in [0.25, 0.3) is 0 Å². The summed E-state index contributed by atoms with van der Waals surface area (Å²) >= 11 is 0. The Hall–Kier alpha value is 0.210. The molecule has 82 valence electrons. The van der Waals surface area contributed by atoms with E-state index >= 15 is 0 Å². The maximum Gasteiger partial charge on any atom is 0.118 e. The molecule has 0 radical (unpaired) electrons. The van der Waals surface area contributed by atoms with Crippen LogP contribution in [0.5, 0.6) is 0 Å². The molecule has 2 heterocycles. The second-order valence-corrected chi connectivity index (χ2v) is 5.49. The van der Waals surface area contributed by atoms with Crippen LogP contribution in [0.15, 0.2) is 0 Å². The Kier molecular flexibility index (Phi) is 2.37. The van der Waals surface area contributed by atoms with Gasteiger partial charge < -0.3 is 10.5 Å². The van der Waals surface area contributed by atoms with Gasteiger partial charge in [-0.1, -0.05) is 6.92 Å². The van der Waals surface area contributed by atoms with Crippen molar-refractivity contribution in [2.45, 2.75) is 56.8 Å². The maximum atomic E-state index is 6.26. The van der Waals surface area contributed by atoms with Crippen molar-refractivity contribution in [3.8, 4) is 0 Å². The molecule has 0 amide bonds. The molecule has 4 rings (SSSR count). The fourth-order valence-electron chi connectivity index (χ4n) is 4.10. The summed E-state index contributed by atoms with van der Waals surface area (Å²) in [5.74, 6) is 1.73. The third kappa shape index (κ3) is 1.39. The van der Waals surface area contributed by atoms with Gasteiger partial charge in [0.15, 0.2) is 0 Å². The first-order chi connectivity index (χ1) is 6.13.